The first kappa shape index (κ1) is 11.3. The average Bonchev–Trinajstić information content (AvgIpc) is 2.71. The first-order chi connectivity index (χ1) is 8.13. The van der Waals surface area contributed by atoms with Gasteiger partial charge in [-0.05, 0) is 23.8 Å². The van der Waals surface area contributed by atoms with Gasteiger partial charge in [0.15, 0.2) is 0 Å². The number of benzene rings is 1. The van der Waals surface area contributed by atoms with E-state index in [1.54, 1.807) is 4.57 Å². The maximum absolute atomic E-state index is 11.7. The second kappa shape index (κ2) is 4.33. The Labute approximate surface area is 99.6 Å². The predicted molar refractivity (Wildman–Crippen MR) is 66.6 cm³/mol. The minimum Gasteiger partial charge on any atom is -0.464 e. The summed E-state index contributed by atoms with van der Waals surface area (Å²) in [6.07, 6.45) is 1.83. The van der Waals surface area contributed by atoms with Crippen LogP contribution in [0.3, 0.4) is 0 Å². The Morgan fingerprint density at radius 2 is 1.88 bits per heavy atom. The zero-order valence-corrected chi connectivity index (χ0v) is 9.81. The van der Waals surface area contributed by atoms with Gasteiger partial charge in [0.05, 0.1) is 7.11 Å². The Kier molecular flexibility index (Phi) is 2.87. The third-order valence-electron chi connectivity index (χ3n) is 2.67. The summed E-state index contributed by atoms with van der Waals surface area (Å²) in [5, 5.41) is 0. The molecule has 0 amide bonds. The van der Waals surface area contributed by atoms with E-state index in [0.717, 1.165) is 11.1 Å². The topological polar surface area (TPSA) is 57.2 Å². The van der Waals surface area contributed by atoms with E-state index in [2.05, 4.69) is 0 Å². The molecule has 1 aromatic carbocycles. The van der Waals surface area contributed by atoms with E-state index >= 15 is 0 Å². The molecule has 1 heterocycles. The van der Waals surface area contributed by atoms with Gasteiger partial charge in [-0.25, -0.2) is 4.79 Å². The highest BCUT2D eigenvalue weighted by Gasteiger charge is 2.16. The Bertz CT molecular complexity index is 541. The molecule has 2 N–H and O–H groups in total. The lowest BCUT2D eigenvalue weighted by Crippen LogP contribution is -2.08. The van der Waals surface area contributed by atoms with Gasteiger partial charge in [0.25, 0.3) is 0 Å². The fourth-order valence-corrected chi connectivity index (χ4v) is 1.78. The number of nitrogens with two attached hydrogens (primary N) is 1. The number of nitrogens with zero attached hydrogens (tertiary/aromatic N) is 1. The summed E-state index contributed by atoms with van der Waals surface area (Å²) in [6, 6.07) is 9.28. The van der Waals surface area contributed by atoms with Gasteiger partial charge in [-0.2, -0.15) is 0 Å². The van der Waals surface area contributed by atoms with E-state index in [-0.39, 0.29) is 5.97 Å². The quantitative estimate of drug-likeness (QED) is 0.634. The van der Waals surface area contributed by atoms with E-state index in [1.807, 2.05) is 43.6 Å². The molecule has 0 saturated heterocycles. The zero-order valence-electron chi connectivity index (χ0n) is 9.81. The van der Waals surface area contributed by atoms with Gasteiger partial charge >= 0.3 is 5.97 Å². The molecule has 0 aliphatic carbocycles. The van der Waals surface area contributed by atoms with Crippen LogP contribution in [-0.2, 0) is 11.8 Å². The van der Waals surface area contributed by atoms with Crippen molar-refractivity contribution in [2.45, 2.75) is 0 Å². The van der Waals surface area contributed by atoms with Crippen LogP contribution >= 0.6 is 0 Å². The van der Waals surface area contributed by atoms with Crippen molar-refractivity contribution in [3.05, 3.63) is 42.2 Å². The minimum absolute atomic E-state index is 0.343. The van der Waals surface area contributed by atoms with Gasteiger partial charge in [-0.3, -0.25) is 0 Å². The number of anilines is 1. The summed E-state index contributed by atoms with van der Waals surface area (Å²) < 4.78 is 6.52. The van der Waals surface area contributed by atoms with Crippen molar-refractivity contribution in [3.63, 3.8) is 0 Å². The number of hydrogen-bond acceptors (Lipinski definition) is 3. The zero-order chi connectivity index (χ0) is 12.4. The van der Waals surface area contributed by atoms with Crippen LogP contribution in [0.1, 0.15) is 10.5 Å². The van der Waals surface area contributed by atoms with Gasteiger partial charge in [-0.15, -0.1) is 0 Å². The molecule has 0 aliphatic heterocycles. The summed E-state index contributed by atoms with van der Waals surface area (Å²) in [5.74, 6) is -0.343. The number of hydrogen-bond donors (Lipinski definition) is 1. The highest BCUT2D eigenvalue weighted by atomic mass is 16.5. The molecule has 0 bridgehead atoms. The molecular weight excluding hydrogens is 216 g/mol. The number of aromatic nitrogens is 1. The van der Waals surface area contributed by atoms with Gasteiger partial charge in [0.1, 0.15) is 5.69 Å². The molecular formula is C13H14N2O2. The number of esters is 1. The van der Waals surface area contributed by atoms with Gasteiger partial charge in [0.2, 0.25) is 0 Å². The van der Waals surface area contributed by atoms with Crippen molar-refractivity contribution in [2.24, 2.45) is 7.05 Å². The molecule has 2 aromatic rings. The fourth-order valence-electron chi connectivity index (χ4n) is 1.78. The van der Waals surface area contributed by atoms with Crippen LogP contribution in [0.5, 0.6) is 0 Å². The Balaban J connectivity index is 2.52. The Morgan fingerprint density at radius 1 is 1.24 bits per heavy atom. The van der Waals surface area contributed by atoms with E-state index < -0.39 is 0 Å². The van der Waals surface area contributed by atoms with Crippen LogP contribution in [0.15, 0.2) is 36.5 Å². The maximum atomic E-state index is 11.7. The molecule has 2 rings (SSSR count). The third kappa shape index (κ3) is 2.01. The van der Waals surface area contributed by atoms with Crippen LogP contribution in [0.25, 0.3) is 11.1 Å². The van der Waals surface area contributed by atoms with Crippen molar-refractivity contribution in [1.29, 1.82) is 0 Å². The second-order valence-corrected chi connectivity index (χ2v) is 3.80. The number of carbonyl (C=O) groups is 1. The molecule has 4 heteroatoms. The van der Waals surface area contributed by atoms with E-state index in [9.17, 15) is 4.79 Å². The molecule has 0 unspecified atom stereocenters. The molecule has 0 saturated carbocycles. The lowest BCUT2D eigenvalue weighted by molar-refractivity contribution is 0.0591. The van der Waals surface area contributed by atoms with Crippen LogP contribution in [0.4, 0.5) is 5.69 Å². The Hall–Kier alpha value is -2.23. The molecule has 0 spiro atoms. The highest BCUT2D eigenvalue weighted by molar-refractivity contribution is 5.96. The number of ether oxygens (including phenoxy) is 1. The summed E-state index contributed by atoms with van der Waals surface area (Å²) in [6.45, 7) is 0. The fraction of sp³-hybridized carbons (Fsp3) is 0.154. The number of rotatable bonds is 2. The molecule has 88 valence electrons. The largest absolute Gasteiger partial charge is 0.464 e. The number of aryl methyl sites for hydroxylation is 1. The van der Waals surface area contributed by atoms with E-state index in [1.165, 1.54) is 7.11 Å². The monoisotopic (exact) mass is 230 g/mol. The minimum atomic E-state index is -0.343. The second-order valence-electron chi connectivity index (χ2n) is 3.80. The molecule has 1 aromatic heterocycles. The smallest absolute Gasteiger partial charge is 0.355 e. The maximum Gasteiger partial charge on any atom is 0.355 e. The first-order valence-corrected chi connectivity index (χ1v) is 5.23. The van der Waals surface area contributed by atoms with Crippen molar-refractivity contribution in [1.82, 2.24) is 4.57 Å². The van der Waals surface area contributed by atoms with Crippen molar-refractivity contribution < 1.29 is 9.53 Å². The first-order valence-electron chi connectivity index (χ1n) is 5.23. The van der Waals surface area contributed by atoms with Gasteiger partial charge in [0, 0.05) is 24.5 Å². The molecule has 4 nitrogen and oxygen atoms in total. The van der Waals surface area contributed by atoms with E-state index in [0.29, 0.717) is 11.4 Å². The lowest BCUT2D eigenvalue weighted by Gasteiger charge is -2.06. The molecule has 0 radical (unpaired) electrons. The normalized spacial score (nSPS) is 10.2. The van der Waals surface area contributed by atoms with Crippen molar-refractivity contribution in [2.75, 3.05) is 12.8 Å². The summed E-state index contributed by atoms with van der Waals surface area (Å²) in [5.41, 5.74) is 8.67. The molecule has 0 fully saturated rings. The standard InChI is InChI=1S/C13H14N2O2/c1-15-8-7-11(12(15)13(16)17-2)9-3-5-10(14)6-4-9/h3-8H,14H2,1-2H3. The van der Waals surface area contributed by atoms with Crippen molar-refractivity contribution >= 4 is 11.7 Å². The molecule has 17 heavy (non-hydrogen) atoms. The molecule has 0 atom stereocenters. The summed E-state index contributed by atoms with van der Waals surface area (Å²) >= 11 is 0. The average molecular weight is 230 g/mol. The van der Waals surface area contributed by atoms with Crippen LogP contribution in [0, 0.1) is 0 Å². The highest BCUT2D eigenvalue weighted by Crippen LogP contribution is 2.25. The number of nitrogen functional groups attached to an aromatic ring is 1. The Morgan fingerprint density at radius 3 is 2.47 bits per heavy atom. The van der Waals surface area contributed by atoms with Crippen LogP contribution < -0.4 is 5.73 Å². The van der Waals surface area contributed by atoms with Crippen LogP contribution in [0.2, 0.25) is 0 Å². The number of methoxy groups -OCH3 is 1. The SMILES string of the molecule is COC(=O)c1c(-c2ccc(N)cc2)ccn1C. The predicted octanol–water partition coefficient (Wildman–Crippen LogP) is 2.06. The van der Waals surface area contributed by atoms with E-state index in [4.69, 9.17) is 10.5 Å². The van der Waals surface area contributed by atoms with Gasteiger partial charge < -0.3 is 15.0 Å². The van der Waals surface area contributed by atoms with Crippen molar-refractivity contribution in [3.8, 4) is 11.1 Å². The summed E-state index contributed by atoms with van der Waals surface area (Å²) in [4.78, 5) is 11.7. The number of carbonyl (C=O) groups excluding carboxylic acids is 1. The molecule has 0 aliphatic rings. The third-order valence-corrected chi connectivity index (χ3v) is 2.67. The summed E-state index contributed by atoms with van der Waals surface area (Å²) in [7, 11) is 3.19. The van der Waals surface area contributed by atoms with Crippen LogP contribution in [-0.4, -0.2) is 17.6 Å². The van der Waals surface area contributed by atoms with Gasteiger partial charge in [-0.1, -0.05) is 12.1 Å². The lowest BCUT2D eigenvalue weighted by atomic mass is 10.1.